The van der Waals surface area contributed by atoms with E-state index in [1.165, 1.54) is 0 Å². The Morgan fingerprint density at radius 3 is 2.33 bits per heavy atom. The summed E-state index contributed by atoms with van der Waals surface area (Å²) < 4.78 is 5.29. The van der Waals surface area contributed by atoms with E-state index < -0.39 is 30.2 Å². The van der Waals surface area contributed by atoms with Crippen molar-refractivity contribution in [2.45, 2.75) is 102 Å². The van der Waals surface area contributed by atoms with E-state index in [0.29, 0.717) is 12.8 Å². The van der Waals surface area contributed by atoms with Crippen molar-refractivity contribution in [3.8, 4) is 0 Å². The van der Waals surface area contributed by atoms with Gasteiger partial charge in [0.2, 0.25) is 0 Å². The number of aliphatic hydroxyl groups is 4. The Morgan fingerprint density at radius 2 is 1.71 bits per heavy atom. The van der Waals surface area contributed by atoms with Gasteiger partial charge >= 0.3 is 0 Å². The number of hydrogen-bond donors (Lipinski definition) is 4. The second-order valence-corrected chi connectivity index (χ2v) is 6.33. The fourth-order valence-corrected chi connectivity index (χ4v) is 3.03. The van der Waals surface area contributed by atoms with E-state index in [-0.39, 0.29) is 6.42 Å². The zero-order chi connectivity index (χ0) is 15.9. The minimum atomic E-state index is -1.37. The number of unbranched alkanes of at least 4 members (excludes halogenated alkanes) is 4. The van der Waals surface area contributed by atoms with Crippen LogP contribution in [0.2, 0.25) is 0 Å². The highest BCUT2D eigenvalue weighted by molar-refractivity contribution is 4.97. The van der Waals surface area contributed by atoms with E-state index in [9.17, 15) is 20.4 Å². The van der Waals surface area contributed by atoms with Crippen molar-refractivity contribution >= 4 is 0 Å². The quantitative estimate of drug-likeness (QED) is 0.487. The average molecular weight is 304 g/mol. The zero-order valence-corrected chi connectivity index (χ0v) is 13.4. The lowest BCUT2D eigenvalue weighted by Gasteiger charge is -2.45. The topological polar surface area (TPSA) is 90.2 Å². The molecule has 5 nitrogen and oxygen atoms in total. The number of hydrogen-bond acceptors (Lipinski definition) is 5. The molecule has 0 aromatic heterocycles. The molecular weight excluding hydrogens is 272 g/mol. The first-order chi connectivity index (χ1) is 9.94. The Labute approximate surface area is 127 Å². The Hall–Kier alpha value is -0.200. The Balaban J connectivity index is 2.62. The monoisotopic (exact) mass is 304 g/mol. The van der Waals surface area contributed by atoms with Crippen LogP contribution in [-0.2, 0) is 4.74 Å². The summed E-state index contributed by atoms with van der Waals surface area (Å²) in [7, 11) is 0. The first-order valence-corrected chi connectivity index (χ1v) is 8.36. The summed E-state index contributed by atoms with van der Waals surface area (Å²) in [5, 5.41) is 41.0. The van der Waals surface area contributed by atoms with Crippen LogP contribution in [0.5, 0.6) is 0 Å². The molecule has 0 saturated carbocycles. The molecule has 1 fully saturated rings. The highest BCUT2D eigenvalue weighted by atomic mass is 16.6. The summed E-state index contributed by atoms with van der Waals surface area (Å²) in [5.74, 6) is 0. The SMILES string of the molecule is CCCCCC(O)[C@H]1O[C@H](O)C[C@](O)(CCCCC)[C@@H]1O. The molecule has 0 radical (unpaired) electrons. The molecule has 1 aliphatic rings. The Morgan fingerprint density at radius 1 is 1.10 bits per heavy atom. The summed E-state index contributed by atoms with van der Waals surface area (Å²) in [6.07, 6.45) is 2.52. The highest BCUT2D eigenvalue weighted by Crippen LogP contribution is 2.35. The van der Waals surface area contributed by atoms with Gasteiger partial charge in [-0.1, -0.05) is 52.4 Å². The fraction of sp³-hybridized carbons (Fsp3) is 1.00. The summed E-state index contributed by atoms with van der Waals surface area (Å²) in [6.45, 7) is 4.15. The first-order valence-electron chi connectivity index (χ1n) is 8.36. The van der Waals surface area contributed by atoms with Gasteiger partial charge in [-0.05, 0) is 12.8 Å². The van der Waals surface area contributed by atoms with Crippen LogP contribution in [0.15, 0.2) is 0 Å². The van der Waals surface area contributed by atoms with E-state index in [4.69, 9.17) is 4.74 Å². The smallest absolute Gasteiger partial charge is 0.158 e. The van der Waals surface area contributed by atoms with Gasteiger partial charge in [0.25, 0.3) is 0 Å². The molecule has 4 N–H and O–H groups in total. The largest absolute Gasteiger partial charge is 0.390 e. The van der Waals surface area contributed by atoms with Crippen molar-refractivity contribution in [1.82, 2.24) is 0 Å². The van der Waals surface area contributed by atoms with Gasteiger partial charge in [0.05, 0.1) is 11.7 Å². The summed E-state index contributed by atoms with van der Waals surface area (Å²) in [5.41, 5.74) is -1.37. The maximum atomic E-state index is 10.6. The first kappa shape index (κ1) is 18.8. The van der Waals surface area contributed by atoms with Crippen molar-refractivity contribution in [1.29, 1.82) is 0 Å². The Bertz CT molecular complexity index is 286. The number of rotatable bonds is 9. The molecule has 0 spiro atoms. The van der Waals surface area contributed by atoms with Crippen molar-refractivity contribution in [2.24, 2.45) is 0 Å². The lowest BCUT2D eigenvalue weighted by Crippen LogP contribution is -2.60. The van der Waals surface area contributed by atoms with Crippen molar-refractivity contribution in [3.05, 3.63) is 0 Å². The van der Waals surface area contributed by atoms with Gasteiger partial charge in [0.1, 0.15) is 12.2 Å². The van der Waals surface area contributed by atoms with Gasteiger partial charge in [-0.3, -0.25) is 0 Å². The van der Waals surface area contributed by atoms with Crippen LogP contribution >= 0.6 is 0 Å². The highest BCUT2D eigenvalue weighted by Gasteiger charge is 2.49. The minimum absolute atomic E-state index is 0.00391. The van der Waals surface area contributed by atoms with E-state index in [1.54, 1.807) is 0 Å². The normalized spacial score (nSPS) is 34.9. The van der Waals surface area contributed by atoms with Crippen LogP contribution in [0.4, 0.5) is 0 Å². The summed E-state index contributed by atoms with van der Waals surface area (Å²) >= 11 is 0. The molecular formula is C16H32O5. The summed E-state index contributed by atoms with van der Waals surface area (Å²) in [6, 6.07) is 0. The van der Waals surface area contributed by atoms with E-state index in [0.717, 1.165) is 38.5 Å². The lowest BCUT2D eigenvalue weighted by atomic mass is 9.80. The van der Waals surface area contributed by atoms with Crippen LogP contribution in [0, 0.1) is 0 Å². The minimum Gasteiger partial charge on any atom is -0.390 e. The molecule has 21 heavy (non-hydrogen) atoms. The van der Waals surface area contributed by atoms with Crippen molar-refractivity contribution in [3.63, 3.8) is 0 Å². The van der Waals surface area contributed by atoms with Crippen LogP contribution < -0.4 is 0 Å². The third-order valence-electron chi connectivity index (χ3n) is 4.40. The van der Waals surface area contributed by atoms with E-state index in [2.05, 4.69) is 13.8 Å². The van der Waals surface area contributed by atoms with E-state index >= 15 is 0 Å². The van der Waals surface area contributed by atoms with Crippen molar-refractivity contribution < 1.29 is 25.2 Å². The number of ether oxygens (including phenoxy) is 1. The van der Waals surface area contributed by atoms with Gasteiger partial charge in [0.15, 0.2) is 6.29 Å². The lowest BCUT2D eigenvalue weighted by molar-refractivity contribution is -0.286. The molecule has 1 unspecified atom stereocenters. The molecule has 0 bridgehead atoms. The third-order valence-corrected chi connectivity index (χ3v) is 4.40. The van der Waals surface area contributed by atoms with Crippen LogP contribution in [0.3, 0.4) is 0 Å². The van der Waals surface area contributed by atoms with Crippen LogP contribution in [-0.4, -0.2) is 50.6 Å². The second kappa shape index (κ2) is 9.06. The van der Waals surface area contributed by atoms with Crippen LogP contribution in [0.1, 0.15) is 71.6 Å². The molecule has 0 aromatic rings. The van der Waals surface area contributed by atoms with Gasteiger partial charge in [0, 0.05) is 6.42 Å². The third kappa shape index (κ3) is 5.49. The second-order valence-electron chi connectivity index (χ2n) is 6.33. The molecule has 1 heterocycles. The molecule has 1 saturated heterocycles. The standard InChI is InChI=1S/C16H32O5/c1-3-5-7-9-12(17)14-15(19)16(20,10-8-6-4-2)11-13(18)21-14/h12-15,17-20H,3-11H2,1-2H3/t12?,13-,14+,15+,16+/m0/s1. The Kier molecular flexibility index (Phi) is 8.13. The summed E-state index contributed by atoms with van der Waals surface area (Å²) in [4.78, 5) is 0. The molecule has 5 atom stereocenters. The molecule has 0 aromatic carbocycles. The van der Waals surface area contributed by atoms with Gasteiger partial charge in [-0.2, -0.15) is 0 Å². The molecule has 5 heteroatoms. The zero-order valence-electron chi connectivity index (χ0n) is 13.4. The molecule has 1 rings (SSSR count). The predicted octanol–water partition coefficient (Wildman–Crippen LogP) is 1.71. The van der Waals surface area contributed by atoms with Gasteiger partial charge in [-0.25, -0.2) is 0 Å². The van der Waals surface area contributed by atoms with Crippen LogP contribution in [0.25, 0.3) is 0 Å². The molecule has 0 amide bonds. The van der Waals surface area contributed by atoms with Gasteiger partial charge in [-0.15, -0.1) is 0 Å². The molecule has 126 valence electrons. The molecule has 0 aliphatic carbocycles. The molecule has 1 aliphatic heterocycles. The fourth-order valence-electron chi connectivity index (χ4n) is 3.03. The maximum Gasteiger partial charge on any atom is 0.158 e. The average Bonchev–Trinajstić information content (AvgIpc) is 2.43. The van der Waals surface area contributed by atoms with E-state index in [1.807, 2.05) is 0 Å². The van der Waals surface area contributed by atoms with Crippen molar-refractivity contribution in [2.75, 3.05) is 0 Å². The number of aliphatic hydroxyl groups excluding tert-OH is 3. The van der Waals surface area contributed by atoms with Gasteiger partial charge < -0.3 is 25.2 Å². The predicted molar refractivity (Wildman–Crippen MR) is 80.7 cm³/mol. The maximum absolute atomic E-state index is 10.6.